The lowest BCUT2D eigenvalue weighted by Crippen LogP contribution is -2.10. The molecule has 2 rings (SSSR count). The van der Waals surface area contributed by atoms with Crippen molar-refractivity contribution in [1.82, 2.24) is 0 Å². The molecule has 0 aliphatic rings. The van der Waals surface area contributed by atoms with Crippen molar-refractivity contribution in [3.05, 3.63) is 69.2 Å². The van der Waals surface area contributed by atoms with Crippen LogP contribution in [0.3, 0.4) is 0 Å². The van der Waals surface area contributed by atoms with Crippen molar-refractivity contribution in [3.8, 4) is 0 Å². The third-order valence-electron chi connectivity index (χ3n) is 3.34. The summed E-state index contributed by atoms with van der Waals surface area (Å²) < 4.78 is 0. The summed E-state index contributed by atoms with van der Waals surface area (Å²) >= 11 is 15.9. The lowest BCUT2D eigenvalue weighted by molar-refractivity contribution is 0.591. The second-order valence-electron chi connectivity index (χ2n) is 5.15. The minimum atomic E-state index is 0.507. The van der Waals surface area contributed by atoms with Crippen LogP contribution in [0.25, 0.3) is 0 Å². The fourth-order valence-electron chi connectivity index (χ4n) is 2.36. The Bertz CT molecular complexity index is 581. The first-order valence-corrected chi connectivity index (χ1v) is 8.51. The fraction of sp³-hybridized carbons (Fsp3) is 0.294. The zero-order valence-corrected chi connectivity index (χ0v) is 14.5. The Labute approximate surface area is 139 Å². The summed E-state index contributed by atoms with van der Waals surface area (Å²) in [6.45, 7) is 2.13. The van der Waals surface area contributed by atoms with Crippen LogP contribution in [0.15, 0.2) is 42.5 Å². The zero-order chi connectivity index (χ0) is 14.5. The third-order valence-corrected chi connectivity index (χ3v) is 4.86. The molecule has 1 atom stereocenters. The normalized spacial score (nSPS) is 12.4. The van der Waals surface area contributed by atoms with E-state index in [1.807, 2.05) is 18.2 Å². The van der Waals surface area contributed by atoms with E-state index in [2.05, 4.69) is 47.1 Å². The number of halogens is 3. The van der Waals surface area contributed by atoms with E-state index in [4.69, 9.17) is 23.2 Å². The van der Waals surface area contributed by atoms with Gasteiger partial charge in [0.15, 0.2) is 0 Å². The first-order chi connectivity index (χ1) is 9.58. The molecule has 0 nitrogen and oxygen atoms in total. The average Bonchev–Trinajstić information content (AvgIpc) is 2.42. The van der Waals surface area contributed by atoms with Crippen LogP contribution >= 0.6 is 39.1 Å². The van der Waals surface area contributed by atoms with Gasteiger partial charge in [0.1, 0.15) is 0 Å². The predicted octanol–water partition coefficient (Wildman–Crippen LogP) is 6.10. The van der Waals surface area contributed by atoms with E-state index in [1.54, 1.807) is 0 Å². The van der Waals surface area contributed by atoms with Gasteiger partial charge in [-0.2, -0.15) is 0 Å². The molecule has 0 saturated carbocycles. The van der Waals surface area contributed by atoms with Crippen molar-refractivity contribution in [3.63, 3.8) is 0 Å². The van der Waals surface area contributed by atoms with Crippen molar-refractivity contribution in [2.45, 2.75) is 19.8 Å². The summed E-state index contributed by atoms with van der Waals surface area (Å²) in [6, 6.07) is 14.3. The number of hydrogen-bond donors (Lipinski definition) is 0. The Morgan fingerprint density at radius 2 is 1.85 bits per heavy atom. The van der Waals surface area contributed by atoms with Crippen LogP contribution in [-0.2, 0) is 12.8 Å². The first-order valence-electron chi connectivity index (χ1n) is 6.64. The van der Waals surface area contributed by atoms with Gasteiger partial charge >= 0.3 is 0 Å². The van der Waals surface area contributed by atoms with Gasteiger partial charge in [0, 0.05) is 15.4 Å². The maximum Gasteiger partial charge on any atom is 0.0439 e. The zero-order valence-electron chi connectivity index (χ0n) is 11.4. The monoisotopic (exact) mass is 370 g/mol. The van der Waals surface area contributed by atoms with E-state index < -0.39 is 0 Å². The van der Waals surface area contributed by atoms with Crippen molar-refractivity contribution in [2.75, 3.05) is 5.33 Å². The molecule has 0 bridgehead atoms. The van der Waals surface area contributed by atoms with E-state index in [0.717, 1.165) is 33.8 Å². The molecule has 0 spiro atoms. The molecule has 0 aromatic heterocycles. The highest BCUT2D eigenvalue weighted by molar-refractivity contribution is 9.09. The summed E-state index contributed by atoms with van der Waals surface area (Å²) in [6.07, 6.45) is 1.97. The van der Waals surface area contributed by atoms with Gasteiger partial charge in [0.2, 0.25) is 0 Å². The maximum atomic E-state index is 6.25. The van der Waals surface area contributed by atoms with E-state index in [0.29, 0.717) is 5.92 Å². The van der Waals surface area contributed by atoms with Gasteiger partial charge in [0.25, 0.3) is 0 Å². The van der Waals surface area contributed by atoms with Crippen LogP contribution < -0.4 is 0 Å². The molecule has 0 aliphatic carbocycles. The second kappa shape index (κ2) is 7.49. The highest BCUT2D eigenvalue weighted by atomic mass is 79.9. The molecular formula is C17H17BrCl2. The van der Waals surface area contributed by atoms with Crippen LogP contribution in [0.1, 0.15) is 16.7 Å². The molecule has 0 N–H and O–H groups in total. The maximum absolute atomic E-state index is 6.25. The molecular weight excluding hydrogens is 355 g/mol. The quantitative estimate of drug-likeness (QED) is 0.557. The number of alkyl halides is 1. The van der Waals surface area contributed by atoms with Crippen molar-refractivity contribution in [1.29, 1.82) is 0 Å². The molecule has 0 fully saturated rings. The lowest BCUT2D eigenvalue weighted by Gasteiger charge is -2.16. The van der Waals surface area contributed by atoms with Gasteiger partial charge in [-0.3, -0.25) is 0 Å². The highest BCUT2D eigenvalue weighted by Crippen LogP contribution is 2.25. The molecule has 2 aromatic rings. The van der Waals surface area contributed by atoms with Gasteiger partial charge in [-0.15, -0.1) is 0 Å². The average molecular weight is 372 g/mol. The molecule has 0 saturated heterocycles. The second-order valence-corrected chi connectivity index (χ2v) is 6.64. The van der Waals surface area contributed by atoms with E-state index in [9.17, 15) is 0 Å². The van der Waals surface area contributed by atoms with Crippen LogP contribution in [0.2, 0.25) is 10.0 Å². The van der Waals surface area contributed by atoms with Crippen LogP contribution in [0.5, 0.6) is 0 Å². The summed E-state index contributed by atoms with van der Waals surface area (Å²) in [5.74, 6) is 0.507. The minimum Gasteiger partial charge on any atom is -0.0925 e. The minimum absolute atomic E-state index is 0.507. The summed E-state index contributed by atoms with van der Waals surface area (Å²) in [4.78, 5) is 0. The third kappa shape index (κ3) is 4.51. The van der Waals surface area contributed by atoms with Crippen LogP contribution in [0, 0.1) is 12.8 Å². The summed E-state index contributed by atoms with van der Waals surface area (Å²) in [5.41, 5.74) is 3.79. The number of rotatable bonds is 5. The molecule has 0 radical (unpaired) electrons. The smallest absolute Gasteiger partial charge is 0.0439 e. The molecule has 3 heteroatoms. The van der Waals surface area contributed by atoms with Crippen molar-refractivity contribution >= 4 is 39.1 Å². The summed E-state index contributed by atoms with van der Waals surface area (Å²) in [7, 11) is 0. The topological polar surface area (TPSA) is 0 Å². The molecule has 106 valence electrons. The molecule has 0 heterocycles. The standard InChI is InChI=1S/C17H17BrCl2/c1-12-3-2-4-13(7-12)8-14(11-18)9-15-10-16(19)5-6-17(15)20/h2-7,10,14H,8-9,11H2,1H3. The Kier molecular flexibility index (Phi) is 5.95. The van der Waals surface area contributed by atoms with Gasteiger partial charge in [0.05, 0.1) is 0 Å². The van der Waals surface area contributed by atoms with E-state index in [1.165, 1.54) is 11.1 Å². The predicted molar refractivity (Wildman–Crippen MR) is 92.3 cm³/mol. The van der Waals surface area contributed by atoms with Crippen molar-refractivity contribution < 1.29 is 0 Å². The Morgan fingerprint density at radius 1 is 1.05 bits per heavy atom. The Morgan fingerprint density at radius 3 is 2.55 bits per heavy atom. The van der Waals surface area contributed by atoms with Crippen molar-refractivity contribution in [2.24, 2.45) is 5.92 Å². The first kappa shape index (κ1) is 15.9. The lowest BCUT2D eigenvalue weighted by atomic mass is 9.93. The van der Waals surface area contributed by atoms with E-state index >= 15 is 0 Å². The molecule has 0 aliphatic heterocycles. The number of aryl methyl sites for hydroxylation is 1. The molecule has 1 unspecified atom stereocenters. The van der Waals surface area contributed by atoms with Crippen LogP contribution in [-0.4, -0.2) is 5.33 Å². The fourth-order valence-corrected chi connectivity index (χ4v) is 3.21. The largest absolute Gasteiger partial charge is 0.0925 e. The highest BCUT2D eigenvalue weighted by Gasteiger charge is 2.12. The SMILES string of the molecule is Cc1cccc(CC(CBr)Cc2cc(Cl)ccc2Cl)c1. The van der Waals surface area contributed by atoms with Crippen LogP contribution in [0.4, 0.5) is 0 Å². The molecule has 2 aromatic carbocycles. The number of benzene rings is 2. The van der Waals surface area contributed by atoms with E-state index in [-0.39, 0.29) is 0 Å². The van der Waals surface area contributed by atoms with Gasteiger partial charge in [-0.05, 0) is 55.0 Å². The number of hydrogen-bond acceptors (Lipinski definition) is 0. The Hall–Kier alpha value is -0.500. The summed E-state index contributed by atoms with van der Waals surface area (Å²) in [5, 5.41) is 2.49. The molecule has 20 heavy (non-hydrogen) atoms. The van der Waals surface area contributed by atoms with Gasteiger partial charge in [-0.25, -0.2) is 0 Å². The Balaban J connectivity index is 2.11. The molecule has 0 amide bonds. The van der Waals surface area contributed by atoms with Gasteiger partial charge < -0.3 is 0 Å². The van der Waals surface area contributed by atoms with Gasteiger partial charge in [-0.1, -0.05) is 69.0 Å².